The van der Waals surface area contributed by atoms with Gasteiger partial charge in [0.15, 0.2) is 5.96 Å². The molecule has 1 aromatic carbocycles. The first-order valence-electron chi connectivity index (χ1n) is 7.13. The van der Waals surface area contributed by atoms with Gasteiger partial charge in [0.1, 0.15) is 11.9 Å². The van der Waals surface area contributed by atoms with E-state index >= 15 is 0 Å². The molecule has 7 heteroatoms. The Morgan fingerprint density at radius 1 is 1.50 bits per heavy atom. The van der Waals surface area contributed by atoms with Crippen LogP contribution in [0, 0.1) is 0 Å². The van der Waals surface area contributed by atoms with Crippen LogP contribution >= 0.6 is 39.9 Å². The van der Waals surface area contributed by atoms with Crippen LogP contribution in [0.2, 0.25) is 0 Å². The first-order chi connectivity index (χ1) is 10.0. The molecule has 124 valence electrons. The molecule has 0 amide bonds. The number of benzene rings is 1. The maximum Gasteiger partial charge on any atom is 0.191 e. The highest BCUT2D eigenvalue weighted by atomic mass is 127. The lowest BCUT2D eigenvalue weighted by Crippen LogP contribution is -2.48. The second-order valence-corrected chi connectivity index (χ2v) is 6.12. The van der Waals surface area contributed by atoms with E-state index in [1.807, 2.05) is 38.1 Å². The maximum absolute atomic E-state index is 6.03. The van der Waals surface area contributed by atoms with E-state index < -0.39 is 0 Å². The quantitative estimate of drug-likeness (QED) is 0.406. The molecule has 1 aliphatic heterocycles. The fourth-order valence-corrected chi connectivity index (χ4v) is 2.40. The van der Waals surface area contributed by atoms with Crippen molar-refractivity contribution in [3.8, 4) is 5.75 Å². The lowest BCUT2D eigenvalue weighted by atomic mass is 10.3. The molecule has 1 aromatic rings. The molecule has 0 radical (unpaired) electrons. The average molecular weight is 484 g/mol. The van der Waals surface area contributed by atoms with E-state index in [4.69, 9.17) is 15.2 Å². The van der Waals surface area contributed by atoms with Crippen molar-refractivity contribution in [1.29, 1.82) is 0 Å². The molecule has 0 aromatic heterocycles. The van der Waals surface area contributed by atoms with Crippen molar-refractivity contribution in [2.75, 3.05) is 26.2 Å². The molecule has 2 unspecified atom stereocenters. The molecule has 1 heterocycles. The zero-order valence-corrected chi connectivity index (χ0v) is 16.8. The average Bonchev–Trinajstić information content (AvgIpc) is 2.47. The zero-order valence-electron chi connectivity index (χ0n) is 12.9. The summed E-state index contributed by atoms with van der Waals surface area (Å²) in [6.07, 6.45) is 0.173. The van der Waals surface area contributed by atoms with Crippen LogP contribution in [0.15, 0.2) is 33.7 Å². The van der Waals surface area contributed by atoms with Gasteiger partial charge in [-0.3, -0.25) is 0 Å². The Kier molecular flexibility index (Phi) is 8.48. The Labute approximate surface area is 157 Å². The first-order valence-corrected chi connectivity index (χ1v) is 7.92. The van der Waals surface area contributed by atoms with Crippen LogP contribution in [0.3, 0.4) is 0 Å². The summed E-state index contributed by atoms with van der Waals surface area (Å²) in [5.41, 5.74) is 6.03. The number of guanidine groups is 1. The number of hydrogen-bond acceptors (Lipinski definition) is 3. The minimum atomic E-state index is -0.0248. The number of nitrogens with zero attached hydrogens (tertiary/aromatic N) is 2. The summed E-state index contributed by atoms with van der Waals surface area (Å²) in [6, 6.07) is 7.76. The summed E-state index contributed by atoms with van der Waals surface area (Å²) >= 11 is 3.40. The van der Waals surface area contributed by atoms with Crippen molar-refractivity contribution in [2.45, 2.75) is 26.1 Å². The van der Waals surface area contributed by atoms with Crippen LogP contribution in [0.25, 0.3) is 0 Å². The molecule has 0 spiro atoms. The van der Waals surface area contributed by atoms with Crippen molar-refractivity contribution in [2.24, 2.45) is 10.7 Å². The Morgan fingerprint density at radius 2 is 2.18 bits per heavy atom. The molecular formula is C15H23BrIN3O2. The van der Waals surface area contributed by atoms with Crippen LogP contribution in [0.5, 0.6) is 5.75 Å². The number of nitrogens with two attached hydrogens (primary N) is 1. The van der Waals surface area contributed by atoms with E-state index in [-0.39, 0.29) is 36.2 Å². The third-order valence-electron chi connectivity index (χ3n) is 3.23. The smallest absolute Gasteiger partial charge is 0.191 e. The molecule has 2 atom stereocenters. The Morgan fingerprint density at radius 3 is 2.82 bits per heavy atom. The molecule has 5 nitrogen and oxygen atoms in total. The molecule has 1 fully saturated rings. The third kappa shape index (κ3) is 6.29. The van der Waals surface area contributed by atoms with E-state index in [1.54, 1.807) is 0 Å². The van der Waals surface area contributed by atoms with Crippen LogP contribution in [0.4, 0.5) is 0 Å². The van der Waals surface area contributed by atoms with E-state index in [0.29, 0.717) is 19.1 Å². The van der Waals surface area contributed by atoms with E-state index in [2.05, 4.69) is 25.8 Å². The largest absolute Gasteiger partial charge is 0.489 e. The highest BCUT2D eigenvalue weighted by molar-refractivity contribution is 14.0. The molecule has 2 rings (SSSR count). The normalized spacial score (nSPS) is 20.2. The number of rotatable bonds is 4. The summed E-state index contributed by atoms with van der Waals surface area (Å²) in [5.74, 6) is 1.40. The van der Waals surface area contributed by atoms with E-state index in [1.165, 1.54) is 0 Å². The molecule has 22 heavy (non-hydrogen) atoms. The third-order valence-corrected chi connectivity index (χ3v) is 3.76. The predicted octanol–water partition coefficient (Wildman–Crippen LogP) is 2.87. The van der Waals surface area contributed by atoms with Crippen molar-refractivity contribution in [3.63, 3.8) is 0 Å². The maximum atomic E-state index is 6.03. The highest BCUT2D eigenvalue weighted by Crippen LogP contribution is 2.17. The number of morpholine rings is 1. The number of aliphatic imine (C=N–C) groups is 1. The highest BCUT2D eigenvalue weighted by Gasteiger charge is 2.18. The van der Waals surface area contributed by atoms with Crippen LogP contribution < -0.4 is 10.5 Å². The van der Waals surface area contributed by atoms with Gasteiger partial charge in [0.2, 0.25) is 0 Å². The van der Waals surface area contributed by atoms with Gasteiger partial charge in [0, 0.05) is 17.6 Å². The number of ether oxygens (including phenoxy) is 2. The molecule has 0 saturated carbocycles. The van der Waals surface area contributed by atoms with Gasteiger partial charge < -0.3 is 20.1 Å². The Balaban J connectivity index is 0.00000242. The lowest BCUT2D eigenvalue weighted by Gasteiger charge is -2.32. The van der Waals surface area contributed by atoms with E-state index in [9.17, 15) is 0 Å². The Hall–Kier alpha value is -0.540. The molecule has 0 aliphatic carbocycles. The van der Waals surface area contributed by atoms with Gasteiger partial charge in [-0.2, -0.15) is 0 Å². The monoisotopic (exact) mass is 483 g/mol. The summed E-state index contributed by atoms with van der Waals surface area (Å²) < 4.78 is 12.3. The minimum Gasteiger partial charge on any atom is -0.489 e. The van der Waals surface area contributed by atoms with Gasteiger partial charge in [-0.25, -0.2) is 4.99 Å². The number of hydrogen-bond donors (Lipinski definition) is 1. The van der Waals surface area contributed by atoms with Crippen molar-refractivity contribution in [3.05, 3.63) is 28.7 Å². The fraction of sp³-hybridized carbons (Fsp3) is 0.533. The molecule has 0 bridgehead atoms. The molecule has 1 saturated heterocycles. The number of halogens is 2. The van der Waals surface area contributed by atoms with Gasteiger partial charge in [-0.05, 0) is 38.1 Å². The second kappa shape index (κ2) is 9.57. The van der Waals surface area contributed by atoms with Gasteiger partial charge in [0.25, 0.3) is 0 Å². The second-order valence-electron chi connectivity index (χ2n) is 5.21. The Bertz CT molecular complexity index is 484. The summed E-state index contributed by atoms with van der Waals surface area (Å²) in [4.78, 5) is 6.48. The first kappa shape index (κ1) is 19.5. The standard InChI is InChI=1S/C15H22BrN3O2.HI/c1-11(21-14-5-3-13(16)4-6-14)9-18-15(17)19-7-8-20-12(2)10-19;/h3-6,11-12H,7-10H2,1-2H3,(H2,17,18);1H. The predicted molar refractivity (Wildman–Crippen MR) is 103 cm³/mol. The minimum absolute atomic E-state index is 0. The van der Waals surface area contributed by atoms with Crippen molar-refractivity contribution >= 4 is 45.9 Å². The summed E-state index contributed by atoms with van der Waals surface area (Å²) in [7, 11) is 0. The summed E-state index contributed by atoms with van der Waals surface area (Å²) in [6.45, 7) is 6.84. The van der Waals surface area contributed by atoms with E-state index in [0.717, 1.165) is 23.3 Å². The van der Waals surface area contributed by atoms with Gasteiger partial charge in [-0.15, -0.1) is 24.0 Å². The molecular weight excluding hydrogens is 461 g/mol. The van der Waals surface area contributed by atoms with Gasteiger partial charge in [-0.1, -0.05) is 15.9 Å². The zero-order chi connectivity index (χ0) is 15.2. The van der Waals surface area contributed by atoms with Gasteiger partial charge in [0.05, 0.1) is 19.3 Å². The molecule has 2 N–H and O–H groups in total. The van der Waals surface area contributed by atoms with Crippen molar-refractivity contribution < 1.29 is 9.47 Å². The molecule has 1 aliphatic rings. The SMILES string of the molecule is CC1CN(C(N)=NCC(C)Oc2ccc(Br)cc2)CCO1.I. The topological polar surface area (TPSA) is 60.1 Å². The summed E-state index contributed by atoms with van der Waals surface area (Å²) in [5, 5.41) is 0. The fourth-order valence-electron chi connectivity index (χ4n) is 2.13. The van der Waals surface area contributed by atoms with Gasteiger partial charge >= 0.3 is 0 Å². The van der Waals surface area contributed by atoms with Crippen LogP contribution in [0.1, 0.15) is 13.8 Å². The van der Waals surface area contributed by atoms with Crippen molar-refractivity contribution in [1.82, 2.24) is 4.90 Å². The van der Waals surface area contributed by atoms with Crippen LogP contribution in [-0.2, 0) is 4.74 Å². The lowest BCUT2D eigenvalue weighted by molar-refractivity contribution is 0.00525. The van der Waals surface area contributed by atoms with Crippen LogP contribution in [-0.4, -0.2) is 49.3 Å².